The molecule has 3 rings (SSSR count). The standard InChI is InChI=1S/C20H22FN3O/c1-13-10-20(2,3)24(4)18-9-17(21)14(8-16(13)18)11-22-15-6-7-19(25-5)23-12-15/h6-12H,1-5H3. The average Bonchev–Trinajstić information content (AvgIpc) is 2.58. The molecule has 0 unspecified atom stereocenters. The first-order valence-corrected chi connectivity index (χ1v) is 8.13. The molecule has 0 amide bonds. The molecule has 0 bridgehead atoms. The third-order valence-electron chi connectivity index (χ3n) is 4.62. The Labute approximate surface area is 147 Å². The Kier molecular flexibility index (Phi) is 4.33. The van der Waals surface area contributed by atoms with Crippen LogP contribution in [0.4, 0.5) is 15.8 Å². The summed E-state index contributed by atoms with van der Waals surface area (Å²) >= 11 is 0. The number of ether oxygens (including phenoxy) is 1. The lowest BCUT2D eigenvalue weighted by atomic mass is 9.88. The number of nitrogens with zero attached hydrogens (tertiary/aromatic N) is 3. The summed E-state index contributed by atoms with van der Waals surface area (Å²) in [5, 5.41) is 0. The van der Waals surface area contributed by atoms with Crippen LogP contribution in [0.1, 0.15) is 31.9 Å². The summed E-state index contributed by atoms with van der Waals surface area (Å²) in [5.41, 5.74) is 4.01. The van der Waals surface area contributed by atoms with E-state index in [9.17, 15) is 4.39 Å². The number of fused-ring (bicyclic) bond motifs is 1. The van der Waals surface area contributed by atoms with E-state index >= 15 is 0 Å². The molecule has 130 valence electrons. The molecule has 0 radical (unpaired) electrons. The highest BCUT2D eigenvalue weighted by molar-refractivity contribution is 5.89. The molecule has 0 atom stereocenters. The van der Waals surface area contributed by atoms with Crippen molar-refractivity contribution in [3.8, 4) is 5.88 Å². The van der Waals surface area contributed by atoms with E-state index in [1.54, 1.807) is 31.5 Å². The van der Waals surface area contributed by atoms with Crippen molar-refractivity contribution in [2.45, 2.75) is 26.3 Å². The molecule has 0 aliphatic carbocycles. The van der Waals surface area contributed by atoms with Crippen molar-refractivity contribution in [1.82, 2.24) is 4.98 Å². The smallest absolute Gasteiger partial charge is 0.213 e. The molecule has 4 nitrogen and oxygen atoms in total. The van der Waals surface area contributed by atoms with Crippen LogP contribution in [0.5, 0.6) is 5.88 Å². The molecule has 0 spiro atoms. The van der Waals surface area contributed by atoms with Crippen molar-refractivity contribution in [3.05, 3.63) is 53.5 Å². The molecule has 2 heterocycles. The fourth-order valence-electron chi connectivity index (χ4n) is 3.00. The molecule has 0 fully saturated rings. The number of pyridine rings is 1. The zero-order chi connectivity index (χ0) is 18.2. The van der Waals surface area contributed by atoms with Gasteiger partial charge in [0, 0.05) is 36.1 Å². The number of hydrogen-bond donors (Lipinski definition) is 0. The van der Waals surface area contributed by atoms with Crippen molar-refractivity contribution in [2.75, 3.05) is 19.1 Å². The number of likely N-dealkylation sites (N-methyl/N-ethyl adjacent to an activating group) is 1. The van der Waals surface area contributed by atoms with Gasteiger partial charge in [-0.05, 0) is 44.5 Å². The van der Waals surface area contributed by atoms with Crippen LogP contribution in [-0.2, 0) is 0 Å². The Morgan fingerprint density at radius 3 is 2.68 bits per heavy atom. The van der Waals surface area contributed by atoms with E-state index in [4.69, 9.17) is 4.74 Å². The minimum Gasteiger partial charge on any atom is -0.481 e. The van der Waals surface area contributed by atoms with Crippen molar-refractivity contribution in [2.24, 2.45) is 4.99 Å². The number of aliphatic imine (C=N–C) groups is 1. The topological polar surface area (TPSA) is 37.7 Å². The monoisotopic (exact) mass is 339 g/mol. The van der Waals surface area contributed by atoms with Gasteiger partial charge in [0.25, 0.3) is 0 Å². The maximum absolute atomic E-state index is 14.6. The van der Waals surface area contributed by atoms with Crippen LogP contribution in [0.3, 0.4) is 0 Å². The van der Waals surface area contributed by atoms with Gasteiger partial charge in [-0.2, -0.15) is 0 Å². The van der Waals surface area contributed by atoms with Gasteiger partial charge < -0.3 is 9.64 Å². The van der Waals surface area contributed by atoms with Crippen LogP contribution in [0.25, 0.3) is 5.57 Å². The summed E-state index contributed by atoms with van der Waals surface area (Å²) in [5.74, 6) is 0.228. The molecule has 5 heteroatoms. The van der Waals surface area contributed by atoms with Crippen molar-refractivity contribution in [1.29, 1.82) is 0 Å². The highest BCUT2D eigenvalue weighted by Gasteiger charge is 2.29. The van der Waals surface area contributed by atoms with Gasteiger partial charge in [0.1, 0.15) is 5.82 Å². The maximum atomic E-state index is 14.6. The van der Waals surface area contributed by atoms with Gasteiger partial charge in [0.2, 0.25) is 5.88 Å². The highest BCUT2D eigenvalue weighted by Crippen LogP contribution is 2.38. The van der Waals surface area contributed by atoms with Crippen LogP contribution in [0.15, 0.2) is 41.5 Å². The summed E-state index contributed by atoms with van der Waals surface area (Å²) < 4.78 is 19.6. The number of rotatable bonds is 3. The number of methoxy groups -OCH3 is 1. The Morgan fingerprint density at radius 2 is 2.04 bits per heavy atom. The second-order valence-electron chi connectivity index (χ2n) is 6.75. The normalized spacial score (nSPS) is 15.9. The fraction of sp³-hybridized carbons (Fsp3) is 0.300. The Bertz CT molecular complexity index is 854. The molecule has 25 heavy (non-hydrogen) atoms. The van der Waals surface area contributed by atoms with E-state index in [2.05, 4.69) is 41.7 Å². The summed E-state index contributed by atoms with van der Waals surface area (Å²) in [7, 11) is 3.54. The molecule has 0 N–H and O–H groups in total. The summed E-state index contributed by atoms with van der Waals surface area (Å²) in [6, 6.07) is 6.93. The van der Waals surface area contributed by atoms with E-state index in [0.29, 0.717) is 17.1 Å². The molecule has 2 aromatic rings. The van der Waals surface area contributed by atoms with E-state index < -0.39 is 0 Å². The first-order chi connectivity index (χ1) is 11.8. The average molecular weight is 339 g/mol. The first kappa shape index (κ1) is 17.1. The third-order valence-corrected chi connectivity index (χ3v) is 4.62. The summed E-state index contributed by atoms with van der Waals surface area (Å²) in [6.07, 6.45) is 5.32. The lowest BCUT2D eigenvalue weighted by Gasteiger charge is -2.40. The Balaban J connectivity index is 1.96. The number of hydrogen-bond acceptors (Lipinski definition) is 4. The van der Waals surface area contributed by atoms with Crippen molar-refractivity contribution < 1.29 is 9.13 Å². The highest BCUT2D eigenvalue weighted by atomic mass is 19.1. The van der Waals surface area contributed by atoms with Crippen LogP contribution < -0.4 is 9.64 Å². The van der Waals surface area contributed by atoms with Crippen LogP contribution in [-0.4, -0.2) is 30.9 Å². The molecule has 1 aliphatic heterocycles. The molecular formula is C20H22FN3O. The Morgan fingerprint density at radius 1 is 1.28 bits per heavy atom. The quantitative estimate of drug-likeness (QED) is 0.766. The minimum absolute atomic E-state index is 0.145. The second kappa shape index (κ2) is 6.31. The molecule has 1 aromatic heterocycles. The van der Waals surface area contributed by atoms with Gasteiger partial charge in [-0.1, -0.05) is 6.08 Å². The molecule has 1 aromatic carbocycles. The summed E-state index contributed by atoms with van der Waals surface area (Å²) in [4.78, 5) is 10.5. The fourth-order valence-corrected chi connectivity index (χ4v) is 3.00. The van der Waals surface area contributed by atoms with Crippen molar-refractivity contribution in [3.63, 3.8) is 0 Å². The molecule has 1 aliphatic rings. The summed E-state index contributed by atoms with van der Waals surface area (Å²) in [6.45, 7) is 6.28. The Hall–Kier alpha value is -2.69. The molecule has 0 saturated heterocycles. The van der Waals surface area contributed by atoms with E-state index in [-0.39, 0.29) is 11.4 Å². The lowest BCUT2D eigenvalue weighted by Crippen LogP contribution is -2.42. The second-order valence-corrected chi connectivity index (χ2v) is 6.75. The van der Waals surface area contributed by atoms with E-state index in [0.717, 1.165) is 16.8 Å². The SMILES string of the molecule is COc1ccc(N=Cc2cc3c(cc2F)N(C)C(C)(C)C=C3C)cn1. The van der Waals surface area contributed by atoms with Crippen LogP contribution in [0, 0.1) is 5.82 Å². The van der Waals surface area contributed by atoms with Gasteiger partial charge in [-0.15, -0.1) is 0 Å². The van der Waals surface area contributed by atoms with Gasteiger partial charge in [0.15, 0.2) is 0 Å². The zero-order valence-electron chi connectivity index (χ0n) is 15.2. The van der Waals surface area contributed by atoms with E-state index in [1.807, 2.05) is 13.1 Å². The minimum atomic E-state index is -0.290. The van der Waals surface area contributed by atoms with Crippen molar-refractivity contribution >= 4 is 23.2 Å². The molecule has 0 saturated carbocycles. The lowest BCUT2D eigenvalue weighted by molar-refractivity contribution is 0.398. The van der Waals surface area contributed by atoms with Crippen LogP contribution >= 0.6 is 0 Å². The predicted molar refractivity (Wildman–Crippen MR) is 101 cm³/mol. The number of anilines is 1. The number of benzene rings is 1. The number of allylic oxidation sites excluding steroid dienone is 1. The predicted octanol–water partition coefficient (Wildman–Crippen LogP) is 4.61. The van der Waals surface area contributed by atoms with Gasteiger partial charge in [0.05, 0.1) is 24.5 Å². The van der Waals surface area contributed by atoms with E-state index in [1.165, 1.54) is 6.21 Å². The van der Waals surface area contributed by atoms with Gasteiger partial charge in [-0.3, -0.25) is 4.99 Å². The number of halogens is 1. The zero-order valence-corrected chi connectivity index (χ0v) is 15.2. The van der Waals surface area contributed by atoms with Gasteiger partial charge >= 0.3 is 0 Å². The third kappa shape index (κ3) is 3.27. The first-order valence-electron chi connectivity index (χ1n) is 8.13. The largest absolute Gasteiger partial charge is 0.481 e. The molecular weight excluding hydrogens is 317 g/mol. The maximum Gasteiger partial charge on any atom is 0.213 e. The van der Waals surface area contributed by atoms with Crippen LogP contribution in [0.2, 0.25) is 0 Å². The van der Waals surface area contributed by atoms with Gasteiger partial charge in [-0.25, -0.2) is 9.37 Å². The number of aromatic nitrogens is 1.